The molecule has 1 N–H and O–H groups in total. The number of fused-ring (bicyclic) bond motifs is 2. The number of ether oxygens (including phenoxy) is 4. The zero-order valence-corrected chi connectivity index (χ0v) is 21.5. The molecule has 190 valence electrons. The summed E-state index contributed by atoms with van der Waals surface area (Å²) in [6.45, 7) is 0.199. The molecular formula is C26H29N3O6S. The Morgan fingerprint density at radius 2 is 1.89 bits per heavy atom. The number of cyclic esters (lactones) is 1. The van der Waals surface area contributed by atoms with Gasteiger partial charge in [-0.1, -0.05) is 23.9 Å². The minimum absolute atomic E-state index is 0.106. The Bertz CT molecular complexity index is 1280. The predicted molar refractivity (Wildman–Crippen MR) is 133 cm³/mol. The largest absolute Gasteiger partial charge is 0.497 e. The summed E-state index contributed by atoms with van der Waals surface area (Å²) in [6.07, 6.45) is 2.55. The third-order valence-electron chi connectivity index (χ3n) is 6.86. The zero-order chi connectivity index (χ0) is 25.4. The van der Waals surface area contributed by atoms with Crippen molar-refractivity contribution in [2.45, 2.75) is 41.5 Å². The van der Waals surface area contributed by atoms with Crippen molar-refractivity contribution < 1.29 is 28.8 Å². The second-order valence-electron chi connectivity index (χ2n) is 8.78. The van der Waals surface area contributed by atoms with Crippen LogP contribution in [0.4, 0.5) is 4.79 Å². The van der Waals surface area contributed by atoms with E-state index in [4.69, 9.17) is 18.9 Å². The van der Waals surface area contributed by atoms with Gasteiger partial charge in [-0.3, -0.25) is 4.90 Å². The Labute approximate surface area is 213 Å². The van der Waals surface area contributed by atoms with Crippen molar-refractivity contribution in [3.05, 3.63) is 59.0 Å². The summed E-state index contributed by atoms with van der Waals surface area (Å²) in [5.41, 5.74) is 3.77. The maximum absolute atomic E-state index is 12.9. The second-order valence-corrected chi connectivity index (χ2v) is 9.78. The number of aryl methyl sites for hydroxylation is 1. The van der Waals surface area contributed by atoms with Crippen LogP contribution in [0.5, 0.6) is 17.2 Å². The van der Waals surface area contributed by atoms with E-state index in [1.165, 1.54) is 11.8 Å². The van der Waals surface area contributed by atoms with Crippen molar-refractivity contribution in [3.8, 4) is 17.2 Å². The molecule has 0 radical (unpaired) electrons. The number of amides is 1. The summed E-state index contributed by atoms with van der Waals surface area (Å²) in [5.74, 6) is 2.09. The summed E-state index contributed by atoms with van der Waals surface area (Å²) in [4.78, 5) is 20.1. The molecule has 3 aromatic rings. The smallest absolute Gasteiger partial charge is 0.410 e. The van der Waals surface area contributed by atoms with Gasteiger partial charge in [-0.25, -0.2) is 9.78 Å². The zero-order valence-electron chi connectivity index (χ0n) is 20.7. The highest BCUT2D eigenvalue weighted by atomic mass is 32.2. The van der Waals surface area contributed by atoms with E-state index in [1.807, 2.05) is 46.8 Å². The number of aromatic nitrogens is 2. The maximum Gasteiger partial charge on any atom is 0.410 e. The Morgan fingerprint density at radius 3 is 2.56 bits per heavy atom. The first-order valence-electron chi connectivity index (χ1n) is 11.6. The monoisotopic (exact) mass is 511 g/mol. The van der Waals surface area contributed by atoms with E-state index in [2.05, 4.69) is 4.98 Å². The number of methoxy groups -OCH3 is 3. The first-order chi connectivity index (χ1) is 17.5. The van der Waals surface area contributed by atoms with Gasteiger partial charge >= 0.3 is 6.09 Å². The summed E-state index contributed by atoms with van der Waals surface area (Å²) in [5, 5.41) is 10.6. The van der Waals surface area contributed by atoms with Crippen LogP contribution in [0.2, 0.25) is 0 Å². The fraction of sp³-hybridized carbons (Fsp3) is 0.385. The van der Waals surface area contributed by atoms with E-state index in [-0.39, 0.29) is 24.8 Å². The lowest BCUT2D eigenvalue weighted by atomic mass is 9.85. The molecule has 0 saturated carbocycles. The number of rotatable bonds is 8. The number of aliphatic hydroxyl groups excluding tert-OH is 1. The van der Waals surface area contributed by atoms with Gasteiger partial charge in [0.05, 0.1) is 56.9 Å². The normalized spacial score (nSPS) is 18.5. The van der Waals surface area contributed by atoms with E-state index in [0.29, 0.717) is 36.0 Å². The highest BCUT2D eigenvalue weighted by Crippen LogP contribution is 2.51. The standard InChI is InChI=1S/C26H29N3O6S/c1-28-14-27-25(20(28)12-30)36-24-18-10-16-13-35-26(31)29(16)19(9-15-5-7-17(32-2)8-6-15)23(18)21(33-3)11-22(24)34-4/h5-8,11,14,16,19,30H,9-10,12-13H2,1-4H3/t16-,19-/m0/s1. The van der Waals surface area contributed by atoms with Crippen molar-refractivity contribution in [3.63, 3.8) is 0 Å². The van der Waals surface area contributed by atoms with Crippen LogP contribution in [0.15, 0.2) is 46.6 Å². The van der Waals surface area contributed by atoms with Gasteiger partial charge < -0.3 is 28.6 Å². The maximum atomic E-state index is 12.9. The minimum Gasteiger partial charge on any atom is -0.497 e. The first-order valence-corrected chi connectivity index (χ1v) is 12.4. The molecule has 1 aromatic heterocycles. The molecule has 2 atom stereocenters. The van der Waals surface area contributed by atoms with Gasteiger partial charge in [-0.05, 0) is 36.1 Å². The topological polar surface area (TPSA) is 95.3 Å². The third-order valence-corrected chi connectivity index (χ3v) is 8.05. The first kappa shape index (κ1) is 24.3. The highest BCUT2D eigenvalue weighted by Gasteiger charge is 2.46. The number of carbonyl (C=O) groups is 1. The van der Waals surface area contributed by atoms with Crippen molar-refractivity contribution in [2.75, 3.05) is 27.9 Å². The lowest BCUT2D eigenvalue weighted by Crippen LogP contribution is -2.43. The van der Waals surface area contributed by atoms with Crippen molar-refractivity contribution >= 4 is 17.9 Å². The Balaban J connectivity index is 1.66. The van der Waals surface area contributed by atoms with E-state index >= 15 is 0 Å². The summed E-state index contributed by atoms with van der Waals surface area (Å²) in [7, 11) is 6.75. The van der Waals surface area contributed by atoms with Crippen LogP contribution in [0, 0.1) is 0 Å². The third kappa shape index (κ3) is 4.14. The molecule has 2 aliphatic rings. The number of hydrogen-bond acceptors (Lipinski definition) is 8. The molecule has 0 bridgehead atoms. The van der Waals surface area contributed by atoms with Gasteiger partial charge in [0.25, 0.3) is 0 Å². The lowest BCUT2D eigenvalue weighted by molar-refractivity contribution is 0.139. The number of carbonyl (C=O) groups excluding carboxylic acids is 1. The number of imidazole rings is 1. The molecule has 0 spiro atoms. The quantitative estimate of drug-likeness (QED) is 0.489. The van der Waals surface area contributed by atoms with E-state index in [1.54, 1.807) is 27.7 Å². The van der Waals surface area contributed by atoms with Gasteiger partial charge in [0.15, 0.2) is 0 Å². The van der Waals surface area contributed by atoms with Crippen molar-refractivity contribution in [1.82, 2.24) is 14.5 Å². The fourth-order valence-corrected chi connectivity index (χ4v) is 6.23. The summed E-state index contributed by atoms with van der Waals surface area (Å²) in [6, 6.07) is 9.33. The molecule has 1 fully saturated rings. The SMILES string of the molecule is COc1ccc(C[C@H]2c3c(OC)cc(OC)c(Sc4ncn(C)c4CO)c3C[C@H]3COC(=O)N32)cc1. The van der Waals surface area contributed by atoms with E-state index in [0.717, 1.165) is 33.0 Å². The fourth-order valence-electron chi connectivity index (χ4n) is 5.05. The van der Waals surface area contributed by atoms with Gasteiger partial charge in [-0.15, -0.1) is 0 Å². The Kier molecular flexibility index (Phi) is 6.72. The van der Waals surface area contributed by atoms with Crippen LogP contribution in [-0.2, 0) is 31.2 Å². The van der Waals surface area contributed by atoms with Gasteiger partial charge in [0.2, 0.25) is 0 Å². The van der Waals surface area contributed by atoms with Crippen molar-refractivity contribution in [2.24, 2.45) is 7.05 Å². The van der Waals surface area contributed by atoms with Crippen LogP contribution in [0.3, 0.4) is 0 Å². The number of benzene rings is 2. The average molecular weight is 512 g/mol. The summed E-state index contributed by atoms with van der Waals surface area (Å²) < 4.78 is 24.3. The van der Waals surface area contributed by atoms with Crippen LogP contribution in [0.25, 0.3) is 0 Å². The minimum atomic E-state index is -0.316. The molecule has 10 heteroatoms. The molecule has 1 saturated heterocycles. The van der Waals surface area contributed by atoms with Crippen LogP contribution in [0.1, 0.15) is 28.4 Å². The molecule has 0 unspecified atom stereocenters. The molecule has 0 aliphatic carbocycles. The molecule has 5 rings (SSSR count). The Hall–Kier alpha value is -3.37. The lowest BCUT2D eigenvalue weighted by Gasteiger charge is -2.39. The van der Waals surface area contributed by atoms with Crippen LogP contribution in [-0.4, -0.2) is 59.6 Å². The van der Waals surface area contributed by atoms with Crippen molar-refractivity contribution in [1.29, 1.82) is 0 Å². The Morgan fingerprint density at radius 1 is 1.14 bits per heavy atom. The number of nitrogens with zero attached hydrogens (tertiary/aromatic N) is 3. The molecule has 1 amide bonds. The van der Waals surface area contributed by atoms with Crippen LogP contribution >= 0.6 is 11.8 Å². The molecule has 9 nitrogen and oxygen atoms in total. The number of hydrogen-bond donors (Lipinski definition) is 1. The molecule has 36 heavy (non-hydrogen) atoms. The predicted octanol–water partition coefficient (Wildman–Crippen LogP) is 3.75. The molecule has 2 aliphatic heterocycles. The molecule has 3 heterocycles. The summed E-state index contributed by atoms with van der Waals surface area (Å²) >= 11 is 1.46. The molecule has 2 aromatic carbocycles. The van der Waals surface area contributed by atoms with Gasteiger partial charge in [0.1, 0.15) is 28.9 Å². The molecular weight excluding hydrogens is 482 g/mol. The van der Waals surface area contributed by atoms with Gasteiger partial charge in [-0.2, -0.15) is 0 Å². The van der Waals surface area contributed by atoms with E-state index < -0.39 is 0 Å². The highest BCUT2D eigenvalue weighted by molar-refractivity contribution is 7.99. The average Bonchev–Trinajstić information content (AvgIpc) is 3.45. The number of aliphatic hydroxyl groups is 1. The van der Waals surface area contributed by atoms with E-state index in [9.17, 15) is 9.90 Å². The van der Waals surface area contributed by atoms with Crippen LogP contribution < -0.4 is 14.2 Å². The second kappa shape index (κ2) is 9.94. The van der Waals surface area contributed by atoms with Gasteiger partial charge in [0, 0.05) is 18.7 Å².